The van der Waals surface area contributed by atoms with Crippen LogP contribution in [0.5, 0.6) is 11.5 Å². The Kier molecular flexibility index (Phi) is 7.38. The SMILES string of the molecule is c1ccc(-c2ccc(-c3nnc(-c4ccc(Oc5ccc(-c6nnc(-c7ccc(-c8ccccc8)cc7)o6)cc5)cc4)o3)cc2)cc1. The molecule has 0 atom stereocenters. The summed E-state index contributed by atoms with van der Waals surface area (Å²) in [6.45, 7) is 0. The summed E-state index contributed by atoms with van der Waals surface area (Å²) in [6, 6.07) is 51.7. The van der Waals surface area contributed by atoms with Crippen LogP contribution >= 0.6 is 0 Å². The lowest BCUT2D eigenvalue weighted by Gasteiger charge is -2.06. The highest BCUT2D eigenvalue weighted by Gasteiger charge is 2.13. The van der Waals surface area contributed by atoms with Crippen LogP contribution in [-0.2, 0) is 0 Å². The second kappa shape index (κ2) is 12.4. The van der Waals surface area contributed by atoms with Gasteiger partial charge in [-0.2, -0.15) is 0 Å². The standard InChI is InChI=1S/C40H26N4O3/c1-3-7-27(8-4-1)29-11-15-31(16-12-29)37-41-43-39(46-37)33-19-23-35(24-20-33)45-36-25-21-34(22-26-36)40-44-42-38(47-40)32-17-13-30(14-18-32)28-9-5-2-6-10-28/h1-26H. The van der Waals surface area contributed by atoms with Crippen molar-refractivity contribution in [2.75, 3.05) is 0 Å². The summed E-state index contributed by atoms with van der Waals surface area (Å²) in [6.07, 6.45) is 0. The quantitative estimate of drug-likeness (QED) is 0.169. The number of benzene rings is 6. The third-order valence-electron chi connectivity index (χ3n) is 7.77. The van der Waals surface area contributed by atoms with Crippen molar-refractivity contribution in [3.8, 4) is 79.6 Å². The molecule has 6 aromatic carbocycles. The molecule has 8 aromatic rings. The molecule has 7 nitrogen and oxygen atoms in total. The molecule has 0 spiro atoms. The first-order valence-electron chi connectivity index (χ1n) is 15.1. The maximum absolute atomic E-state index is 6.07. The third kappa shape index (κ3) is 6.06. The van der Waals surface area contributed by atoms with E-state index in [0.717, 1.165) is 44.5 Å². The topological polar surface area (TPSA) is 87.1 Å². The van der Waals surface area contributed by atoms with Crippen LogP contribution in [-0.4, -0.2) is 20.4 Å². The average molecular weight is 611 g/mol. The summed E-state index contributed by atoms with van der Waals surface area (Å²) in [5, 5.41) is 17.0. The zero-order valence-electron chi connectivity index (χ0n) is 25.0. The average Bonchev–Trinajstić information content (AvgIpc) is 3.85. The van der Waals surface area contributed by atoms with Gasteiger partial charge in [0.15, 0.2) is 0 Å². The summed E-state index contributed by atoms with van der Waals surface area (Å²) in [7, 11) is 0. The summed E-state index contributed by atoms with van der Waals surface area (Å²) in [4.78, 5) is 0. The van der Waals surface area contributed by atoms with Gasteiger partial charge in [-0.3, -0.25) is 0 Å². The second-order valence-electron chi connectivity index (χ2n) is 10.9. The Morgan fingerprint density at radius 3 is 0.851 bits per heavy atom. The molecule has 0 aliphatic carbocycles. The molecule has 0 saturated heterocycles. The van der Waals surface area contributed by atoms with E-state index in [1.165, 1.54) is 0 Å². The minimum Gasteiger partial charge on any atom is -0.457 e. The van der Waals surface area contributed by atoms with Gasteiger partial charge in [0.05, 0.1) is 0 Å². The first kappa shape index (κ1) is 27.9. The van der Waals surface area contributed by atoms with Crippen LogP contribution in [0.3, 0.4) is 0 Å². The molecule has 7 heteroatoms. The summed E-state index contributed by atoms with van der Waals surface area (Å²) >= 11 is 0. The van der Waals surface area contributed by atoms with Crippen molar-refractivity contribution >= 4 is 0 Å². The Bertz CT molecular complexity index is 2060. The molecule has 0 N–H and O–H groups in total. The molecule has 0 saturated carbocycles. The van der Waals surface area contributed by atoms with Crippen molar-refractivity contribution in [2.45, 2.75) is 0 Å². The second-order valence-corrected chi connectivity index (χ2v) is 10.9. The molecule has 0 aliphatic rings. The Labute approximate surface area is 270 Å². The Hall–Kier alpha value is -6.60. The number of nitrogens with zero attached hydrogens (tertiary/aromatic N) is 4. The number of rotatable bonds is 8. The molecule has 47 heavy (non-hydrogen) atoms. The predicted octanol–water partition coefficient (Wildman–Crippen LogP) is 10.2. The maximum atomic E-state index is 6.07. The number of aromatic nitrogens is 4. The van der Waals surface area contributed by atoms with E-state index in [4.69, 9.17) is 13.6 Å². The molecular formula is C40H26N4O3. The summed E-state index contributed by atoms with van der Waals surface area (Å²) < 4.78 is 18.0. The number of hydrogen-bond acceptors (Lipinski definition) is 7. The predicted molar refractivity (Wildman–Crippen MR) is 181 cm³/mol. The lowest BCUT2D eigenvalue weighted by molar-refractivity contribution is 0.482. The van der Waals surface area contributed by atoms with Gasteiger partial charge in [-0.1, -0.05) is 84.9 Å². The lowest BCUT2D eigenvalue weighted by atomic mass is 10.0. The monoisotopic (exact) mass is 610 g/mol. The molecule has 0 bridgehead atoms. The maximum Gasteiger partial charge on any atom is 0.248 e. The van der Waals surface area contributed by atoms with Crippen molar-refractivity contribution in [3.63, 3.8) is 0 Å². The van der Waals surface area contributed by atoms with E-state index >= 15 is 0 Å². The van der Waals surface area contributed by atoms with E-state index in [0.29, 0.717) is 35.1 Å². The van der Waals surface area contributed by atoms with Crippen LogP contribution < -0.4 is 4.74 Å². The fourth-order valence-corrected chi connectivity index (χ4v) is 5.25. The van der Waals surface area contributed by atoms with E-state index in [1.807, 2.05) is 109 Å². The smallest absolute Gasteiger partial charge is 0.248 e. The van der Waals surface area contributed by atoms with Crippen molar-refractivity contribution < 1.29 is 13.6 Å². The highest BCUT2D eigenvalue weighted by molar-refractivity contribution is 5.69. The molecule has 2 heterocycles. The van der Waals surface area contributed by atoms with Crippen molar-refractivity contribution in [2.24, 2.45) is 0 Å². The molecular weight excluding hydrogens is 584 g/mol. The Balaban J connectivity index is 0.905. The highest BCUT2D eigenvalue weighted by Crippen LogP contribution is 2.31. The van der Waals surface area contributed by atoms with Gasteiger partial charge in [0.25, 0.3) is 0 Å². The fraction of sp³-hybridized carbons (Fsp3) is 0. The largest absolute Gasteiger partial charge is 0.457 e. The molecule has 0 aliphatic heterocycles. The summed E-state index contributed by atoms with van der Waals surface area (Å²) in [5.74, 6) is 3.17. The third-order valence-corrected chi connectivity index (χ3v) is 7.77. The van der Waals surface area contributed by atoms with E-state index in [-0.39, 0.29) is 0 Å². The fourth-order valence-electron chi connectivity index (χ4n) is 5.25. The van der Waals surface area contributed by atoms with Gasteiger partial charge in [0.1, 0.15) is 11.5 Å². The van der Waals surface area contributed by atoms with Gasteiger partial charge in [0, 0.05) is 22.3 Å². The first-order valence-corrected chi connectivity index (χ1v) is 15.1. The normalized spacial score (nSPS) is 11.0. The van der Waals surface area contributed by atoms with Crippen LogP contribution in [0.15, 0.2) is 167 Å². The van der Waals surface area contributed by atoms with Gasteiger partial charge >= 0.3 is 0 Å². The molecule has 2 aromatic heterocycles. The molecule has 8 rings (SSSR count). The summed E-state index contributed by atoms with van der Waals surface area (Å²) in [5.41, 5.74) is 7.90. The Morgan fingerprint density at radius 1 is 0.277 bits per heavy atom. The van der Waals surface area contributed by atoms with E-state index < -0.39 is 0 Å². The molecule has 224 valence electrons. The zero-order chi connectivity index (χ0) is 31.4. The van der Waals surface area contributed by atoms with Gasteiger partial charge < -0.3 is 13.6 Å². The number of ether oxygens (including phenoxy) is 1. The van der Waals surface area contributed by atoms with Crippen molar-refractivity contribution in [1.29, 1.82) is 0 Å². The van der Waals surface area contributed by atoms with Crippen LogP contribution in [0.1, 0.15) is 0 Å². The van der Waals surface area contributed by atoms with Crippen molar-refractivity contribution in [1.82, 2.24) is 20.4 Å². The highest BCUT2D eigenvalue weighted by atomic mass is 16.5. The van der Waals surface area contributed by atoms with E-state index in [1.54, 1.807) is 0 Å². The minimum absolute atomic E-state index is 0.439. The van der Waals surface area contributed by atoms with Gasteiger partial charge in [-0.15, -0.1) is 20.4 Å². The van der Waals surface area contributed by atoms with Crippen LogP contribution in [0.2, 0.25) is 0 Å². The van der Waals surface area contributed by atoms with Crippen LogP contribution in [0, 0.1) is 0 Å². The molecule has 0 radical (unpaired) electrons. The molecule has 0 fully saturated rings. The minimum atomic E-state index is 0.439. The first-order chi connectivity index (χ1) is 23.2. The van der Waals surface area contributed by atoms with Crippen molar-refractivity contribution in [3.05, 3.63) is 158 Å². The Morgan fingerprint density at radius 2 is 0.532 bits per heavy atom. The van der Waals surface area contributed by atoms with Gasteiger partial charge in [-0.25, -0.2) is 0 Å². The van der Waals surface area contributed by atoms with Crippen LogP contribution in [0.25, 0.3) is 68.1 Å². The molecule has 0 amide bonds. The van der Waals surface area contributed by atoms with Gasteiger partial charge in [-0.05, 0) is 95.1 Å². The zero-order valence-corrected chi connectivity index (χ0v) is 25.0. The van der Waals surface area contributed by atoms with E-state index in [2.05, 4.69) is 68.9 Å². The number of hydrogen-bond donors (Lipinski definition) is 0. The van der Waals surface area contributed by atoms with E-state index in [9.17, 15) is 0 Å². The molecule has 0 unspecified atom stereocenters. The van der Waals surface area contributed by atoms with Crippen LogP contribution in [0.4, 0.5) is 0 Å². The van der Waals surface area contributed by atoms with Gasteiger partial charge in [0.2, 0.25) is 23.6 Å². The lowest BCUT2D eigenvalue weighted by Crippen LogP contribution is -1.85.